The summed E-state index contributed by atoms with van der Waals surface area (Å²) in [5.41, 5.74) is 11.9. The number of nitrogens with zero attached hydrogens (tertiary/aromatic N) is 2. The number of aromatic nitrogens is 2. The molecule has 0 aliphatic rings. The van der Waals surface area contributed by atoms with Crippen molar-refractivity contribution in [1.82, 2.24) is 15.4 Å². The quantitative estimate of drug-likeness (QED) is 0.341. The van der Waals surface area contributed by atoms with Crippen LogP contribution < -0.4 is 21.9 Å². The van der Waals surface area contributed by atoms with E-state index in [1.165, 1.54) is 24.5 Å². The molecule has 0 bridgehead atoms. The van der Waals surface area contributed by atoms with Gasteiger partial charge in [0, 0.05) is 9.26 Å². The van der Waals surface area contributed by atoms with Crippen LogP contribution in [0.1, 0.15) is 10.4 Å². The van der Waals surface area contributed by atoms with Crippen LogP contribution in [0.5, 0.6) is 0 Å². The van der Waals surface area contributed by atoms with Gasteiger partial charge in [0.15, 0.2) is 11.6 Å². The molecule has 1 amide bonds. The van der Waals surface area contributed by atoms with Crippen LogP contribution in [-0.4, -0.2) is 15.9 Å². The summed E-state index contributed by atoms with van der Waals surface area (Å²) in [4.78, 5) is 20.1. The minimum absolute atomic E-state index is 0.0927. The van der Waals surface area contributed by atoms with E-state index in [4.69, 9.17) is 5.73 Å². The molecule has 9 heteroatoms. The Kier molecular flexibility index (Phi) is 5.46. The van der Waals surface area contributed by atoms with Crippen molar-refractivity contribution in [2.24, 2.45) is 0 Å². The summed E-state index contributed by atoms with van der Waals surface area (Å²) < 4.78 is 14.7. The van der Waals surface area contributed by atoms with Gasteiger partial charge in [0.05, 0.1) is 5.56 Å². The molecule has 0 aliphatic carbocycles. The van der Waals surface area contributed by atoms with Crippen molar-refractivity contribution in [3.05, 3.63) is 69.8 Å². The summed E-state index contributed by atoms with van der Waals surface area (Å²) in [6.45, 7) is 0. The smallest absolute Gasteiger partial charge is 0.272 e. The molecule has 5 N–H and O–H groups in total. The Hall–Kier alpha value is -2.95. The maximum Gasteiger partial charge on any atom is 0.272 e. The van der Waals surface area contributed by atoms with Crippen LogP contribution in [0.15, 0.2) is 54.9 Å². The van der Waals surface area contributed by atoms with Crippen LogP contribution >= 0.6 is 22.6 Å². The monoisotopic (exact) mass is 464 g/mol. The predicted molar refractivity (Wildman–Crippen MR) is 106 cm³/mol. The fourth-order valence-corrected chi connectivity index (χ4v) is 2.45. The number of nitrogens with one attached hydrogen (secondary N) is 3. The lowest BCUT2D eigenvalue weighted by molar-refractivity contribution is 0.0958. The van der Waals surface area contributed by atoms with Crippen LogP contribution in [0.3, 0.4) is 0 Å². The third kappa shape index (κ3) is 4.17. The van der Waals surface area contributed by atoms with Crippen molar-refractivity contribution in [2.75, 3.05) is 16.5 Å². The molecular formula is C17H14FIN6O. The highest BCUT2D eigenvalue weighted by molar-refractivity contribution is 14.1. The van der Waals surface area contributed by atoms with Crippen LogP contribution in [0.25, 0.3) is 0 Å². The Morgan fingerprint density at radius 1 is 1.04 bits per heavy atom. The third-order valence-corrected chi connectivity index (χ3v) is 4.12. The van der Waals surface area contributed by atoms with Crippen molar-refractivity contribution in [1.29, 1.82) is 0 Å². The van der Waals surface area contributed by atoms with Gasteiger partial charge in [-0.1, -0.05) is 12.1 Å². The predicted octanol–water partition coefficient (Wildman–Crippen LogP) is 3.30. The van der Waals surface area contributed by atoms with Gasteiger partial charge in [0.25, 0.3) is 5.91 Å². The largest absolute Gasteiger partial charge is 0.393 e. The van der Waals surface area contributed by atoms with Gasteiger partial charge in [-0.05, 0) is 59.0 Å². The van der Waals surface area contributed by atoms with Crippen LogP contribution in [-0.2, 0) is 0 Å². The zero-order valence-electron chi connectivity index (χ0n) is 13.3. The Balaban J connectivity index is 1.72. The fourth-order valence-electron chi connectivity index (χ4n) is 2.09. The number of carbonyl (C=O) groups excluding carboxylic acids is 1. The lowest BCUT2D eigenvalue weighted by atomic mass is 10.2. The minimum atomic E-state index is -0.645. The number of hydrogen-bond donors (Lipinski definition) is 4. The molecule has 0 saturated carbocycles. The van der Waals surface area contributed by atoms with Crippen molar-refractivity contribution < 1.29 is 9.18 Å². The molecule has 0 unspecified atom stereocenters. The standard InChI is InChI=1S/C17H14FIN6O/c18-13-4-2-1-3-12(13)17(26)25-24-16-14(20)15(21-9-22-16)23-11-7-5-10(19)6-8-11/h1-9H,20H2,(H,25,26)(H2,21,22,23,24). The molecule has 3 rings (SSSR count). The molecule has 0 spiro atoms. The lowest BCUT2D eigenvalue weighted by Crippen LogP contribution is -2.31. The van der Waals surface area contributed by atoms with E-state index < -0.39 is 11.7 Å². The zero-order chi connectivity index (χ0) is 18.5. The highest BCUT2D eigenvalue weighted by Gasteiger charge is 2.13. The van der Waals surface area contributed by atoms with Gasteiger partial charge in [-0.2, -0.15) is 0 Å². The van der Waals surface area contributed by atoms with Crippen molar-refractivity contribution >= 4 is 51.5 Å². The molecule has 0 aliphatic heterocycles. The van der Waals surface area contributed by atoms with E-state index in [9.17, 15) is 9.18 Å². The molecule has 0 fully saturated rings. The number of benzene rings is 2. The summed E-state index contributed by atoms with van der Waals surface area (Å²) in [5.74, 6) is -0.696. The van der Waals surface area contributed by atoms with Gasteiger partial charge in [0.1, 0.15) is 17.8 Å². The number of hydrazine groups is 1. The molecule has 1 aromatic heterocycles. The molecule has 0 atom stereocenters. The highest BCUT2D eigenvalue weighted by atomic mass is 127. The van der Waals surface area contributed by atoms with Crippen molar-refractivity contribution in [3.63, 3.8) is 0 Å². The average molecular weight is 464 g/mol. The topological polar surface area (TPSA) is 105 Å². The first-order chi connectivity index (χ1) is 12.5. The number of nitrogens with two attached hydrogens (primary N) is 1. The van der Waals surface area contributed by atoms with Gasteiger partial charge < -0.3 is 11.1 Å². The fraction of sp³-hybridized carbons (Fsp3) is 0. The first kappa shape index (κ1) is 17.9. The number of carbonyl (C=O) groups is 1. The molecule has 0 radical (unpaired) electrons. The zero-order valence-corrected chi connectivity index (χ0v) is 15.5. The van der Waals surface area contributed by atoms with Crippen LogP contribution in [0, 0.1) is 9.39 Å². The summed E-state index contributed by atoms with van der Waals surface area (Å²) in [6.07, 6.45) is 1.29. The minimum Gasteiger partial charge on any atom is -0.393 e. The number of anilines is 4. The first-order valence-corrected chi connectivity index (χ1v) is 8.56. The van der Waals surface area contributed by atoms with Crippen molar-refractivity contribution in [3.8, 4) is 0 Å². The molecule has 2 aromatic carbocycles. The Bertz CT molecular complexity index is 935. The number of hydrogen-bond acceptors (Lipinski definition) is 6. The van der Waals surface area contributed by atoms with E-state index in [0.29, 0.717) is 5.82 Å². The van der Waals surface area contributed by atoms with Gasteiger partial charge in [-0.25, -0.2) is 14.4 Å². The Morgan fingerprint density at radius 2 is 1.73 bits per heavy atom. The second-order valence-corrected chi connectivity index (χ2v) is 6.42. The first-order valence-electron chi connectivity index (χ1n) is 7.48. The molecule has 0 saturated heterocycles. The van der Waals surface area contributed by atoms with Gasteiger partial charge in [0.2, 0.25) is 0 Å². The second kappa shape index (κ2) is 7.95. The number of amides is 1. The number of nitrogen functional groups attached to an aromatic ring is 1. The van der Waals surface area contributed by atoms with E-state index in [2.05, 4.69) is 48.7 Å². The average Bonchev–Trinajstić information content (AvgIpc) is 2.64. The molecule has 7 nitrogen and oxygen atoms in total. The van der Waals surface area contributed by atoms with Gasteiger partial charge in [-0.3, -0.25) is 15.6 Å². The Labute approximate surface area is 162 Å². The van der Waals surface area contributed by atoms with Gasteiger partial charge >= 0.3 is 0 Å². The van der Waals surface area contributed by atoms with E-state index >= 15 is 0 Å². The van der Waals surface area contributed by atoms with Crippen molar-refractivity contribution in [2.45, 2.75) is 0 Å². The highest BCUT2D eigenvalue weighted by Crippen LogP contribution is 2.25. The second-order valence-electron chi connectivity index (χ2n) is 5.18. The maximum atomic E-state index is 13.6. The van der Waals surface area contributed by atoms with Gasteiger partial charge in [-0.15, -0.1) is 0 Å². The SMILES string of the molecule is Nc1c(NNC(=O)c2ccccc2F)ncnc1Nc1ccc(I)cc1. The third-order valence-electron chi connectivity index (χ3n) is 3.40. The summed E-state index contributed by atoms with van der Waals surface area (Å²) in [6, 6.07) is 13.3. The van der Waals surface area contributed by atoms with E-state index in [-0.39, 0.29) is 17.1 Å². The normalized spacial score (nSPS) is 10.2. The molecule has 3 aromatic rings. The molecular weight excluding hydrogens is 450 g/mol. The molecule has 132 valence electrons. The molecule has 26 heavy (non-hydrogen) atoms. The van der Waals surface area contributed by atoms with E-state index in [1.54, 1.807) is 6.07 Å². The number of halogens is 2. The summed E-state index contributed by atoms with van der Waals surface area (Å²) in [5, 5.41) is 3.08. The number of rotatable bonds is 5. The van der Waals surface area contributed by atoms with Crippen LogP contribution in [0.4, 0.5) is 27.4 Å². The summed E-state index contributed by atoms with van der Waals surface area (Å²) in [7, 11) is 0. The van der Waals surface area contributed by atoms with E-state index in [0.717, 1.165) is 9.26 Å². The van der Waals surface area contributed by atoms with E-state index in [1.807, 2.05) is 24.3 Å². The summed E-state index contributed by atoms with van der Waals surface area (Å²) >= 11 is 2.21. The molecule has 1 heterocycles. The maximum absolute atomic E-state index is 13.6. The van der Waals surface area contributed by atoms with Crippen LogP contribution in [0.2, 0.25) is 0 Å². The Morgan fingerprint density at radius 3 is 2.46 bits per heavy atom. The lowest BCUT2D eigenvalue weighted by Gasteiger charge is -2.13.